The molecule has 4 unspecified atom stereocenters. The fourth-order valence-electron chi connectivity index (χ4n) is 2.61. The first-order chi connectivity index (χ1) is 16.1. The molecule has 0 bridgehead atoms. The molecule has 4 atom stereocenters. The largest absolute Gasteiger partial charge is 0.481 e. The molecule has 0 heterocycles. The molecule has 0 aromatic rings. The molecule has 0 aromatic carbocycles. The van der Waals surface area contributed by atoms with Crippen LogP contribution in [0.2, 0.25) is 0 Å². The highest BCUT2D eigenvalue weighted by molar-refractivity contribution is 5.97. The van der Waals surface area contributed by atoms with Crippen molar-refractivity contribution in [2.75, 3.05) is 0 Å². The molecule has 35 heavy (non-hydrogen) atoms. The third-order valence-electron chi connectivity index (χ3n) is 4.34. The number of nitrogens with one attached hydrogen (secondary N) is 3. The Labute approximate surface area is 197 Å². The lowest BCUT2D eigenvalue weighted by Crippen LogP contribution is -2.58. The first-order valence-corrected chi connectivity index (χ1v) is 10.0. The molecule has 0 aromatic heterocycles. The zero-order valence-electron chi connectivity index (χ0n) is 18.4. The Morgan fingerprint density at radius 1 is 0.600 bits per heavy atom. The zero-order chi connectivity index (χ0) is 27.3. The molecule has 0 aliphatic carbocycles. The number of carbonyl (C=O) groups is 8. The molecule has 5 amide bonds. The fourth-order valence-corrected chi connectivity index (χ4v) is 2.61. The Morgan fingerprint density at radius 2 is 1.00 bits per heavy atom. The van der Waals surface area contributed by atoms with Gasteiger partial charge in [-0.3, -0.25) is 33.6 Å². The van der Waals surface area contributed by atoms with Crippen LogP contribution in [0.3, 0.4) is 0 Å². The maximum Gasteiger partial charge on any atom is 0.326 e. The number of aliphatic carboxylic acids is 3. The molecule has 12 N–H and O–H groups in total. The number of carbonyl (C=O) groups excluding carboxylic acids is 5. The lowest BCUT2D eigenvalue weighted by atomic mass is 10.1. The second-order valence-electron chi connectivity index (χ2n) is 7.33. The summed E-state index contributed by atoms with van der Waals surface area (Å²) in [4.78, 5) is 92.5. The van der Waals surface area contributed by atoms with Gasteiger partial charge < -0.3 is 48.5 Å². The van der Waals surface area contributed by atoms with E-state index < -0.39 is 110 Å². The van der Waals surface area contributed by atoms with E-state index in [1.54, 1.807) is 0 Å². The Hall–Kier alpha value is -4.28. The summed E-state index contributed by atoms with van der Waals surface area (Å²) in [6.45, 7) is 0. The minimum atomic E-state index is -1.69. The van der Waals surface area contributed by atoms with Gasteiger partial charge in [0.1, 0.15) is 18.1 Å². The van der Waals surface area contributed by atoms with Crippen LogP contribution in [0, 0.1) is 0 Å². The first kappa shape index (κ1) is 30.7. The van der Waals surface area contributed by atoms with Crippen LogP contribution in [-0.4, -0.2) is 86.9 Å². The van der Waals surface area contributed by atoms with Gasteiger partial charge >= 0.3 is 17.9 Å². The summed E-state index contributed by atoms with van der Waals surface area (Å²) in [5.74, 6) is -9.65. The van der Waals surface area contributed by atoms with Crippen molar-refractivity contribution in [3.05, 3.63) is 0 Å². The van der Waals surface area contributed by atoms with Crippen LogP contribution in [0.4, 0.5) is 0 Å². The van der Waals surface area contributed by atoms with Gasteiger partial charge in [0, 0.05) is 12.8 Å². The smallest absolute Gasteiger partial charge is 0.326 e. The number of rotatable bonds is 17. The van der Waals surface area contributed by atoms with Crippen molar-refractivity contribution in [3.8, 4) is 0 Å². The number of hydrogen-bond donors (Lipinski definition) is 9. The summed E-state index contributed by atoms with van der Waals surface area (Å²) in [6, 6.07) is -6.50. The third kappa shape index (κ3) is 13.1. The van der Waals surface area contributed by atoms with E-state index in [9.17, 15) is 43.5 Å². The number of primary amides is 2. The number of nitrogens with two attached hydrogens (primary N) is 3. The molecular formula is C18H28N6O11. The predicted molar refractivity (Wildman–Crippen MR) is 113 cm³/mol. The second-order valence-corrected chi connectivity index (χ2v) is 7.33. The minimum absolute atomic E-state index is 0.506. The minimum Gasteiger partial charge on any atom is -0.481 e. The Kier molecular flexibility index (Phi) is 13.0. The van der Waals surface area contributed by atoms with Gasteiger partial charge in [-0.15, -0.1) is 0 Å². The van der Waals surface area contributed by atoms with Crippen molar-refractivity contribution < 1.29 is 53.7 Å². The second kappa shape index (κ2) is 14.8. The molecule has 17 heteroatoms. The van der Waals surface area contributed by atoms with Crippen LogP contribution in [0.1, 0.15) is 38.5 Å². The van der Waals surface area contributed by atoms with E-state index in [1.165, 1.54) is 0 Å². The monoisotopic (exact) mass is 504 g/mol. The van der Waals surface area contributed by atoms with Gasteiger partial charge in [0.05, 0.1) is 18.9 Å². The molecule has 0 aliphatic heterocycles. The normalized spacial score (nSPS) is 13.9. The standard InChI is InChI=1S/C18H28N6O11/c19-7(5-11(20)25)15(31)24-10(6-12(21)26)17(33)22-8(1-3-13(27)28)16(32)23-9(18(34)35)2-4-14(29)30/h7-10H,1-6,19H2,(H2,20,25)(H2,21,26)(H,22,33)(H,23,32)(H,24,31)(H,27,28)(H,29,30)(H,34,35). The van der Waals surface area contributed by atoms with Crippen molar-refractivity contribution in [2.45, 2.75) is 62.7 Å². The predicted octanol–water partition coefficient (Wildman–Crippen LogP) is -4.67. The van der Waals surface area contributed by atoms with E-state index >= 15 is 0 Å². The van der Waals surface area contributed by atoms with Crippen molar-refractivity contribution in [1.82, 2.24) is 16.0 Å². The molecule has 196 valence electrons. The molecule has 0 rings (SSSR count). The highest BCUT2D eigenvalue weighted by atomic mass is 16.4. The summed E-state index contributed by atoms with van der Waals surface area (Å²) in [5, 5.41) is 33.0. The molecule has 0 spiro atoms. The van der Waals surface area contributed by atoms with Crippen LogP contribution in [0.5, 0.6) is 0 Å². The number of hydrogen-bond acceptors (Lipinski definition) is 9. The maximum absolute atomic E-state index is 12.7. The maximum atomic E-state index is 12.7. The summed E-state index contributed by atoms with van der Waals surface area (Å²) < 4.78 is 0. The van der Waals surface area contributed by atoms with Gasteiger partial charge in [0.2, 0.25) is 29.5 Å². The summed E-state index contributed by atoms with van der Waals surface area (Å²) in [6.07, 6.45) is -3.66. The quantitative estimate of drug-likeness (QED) is 0.0902. The molecule has 0 radical (unpaired) electrons. The Bertz CT molecular complexity index is 862. The van der Waals surface area contributed by atoms with Gasteiger partial charge in [-0.1, -0.05) is 0 Å². The summed E-state index contributed by atoms with van der Waals surface area (Å²) in [7, 11) is 0. The van der Waals surface area contributed by atoms with E-state index in [1.807, 2.05) is 5.32 Å². The number of carboxylic acids is 3. The average molecular weight is 504 g/mol. The van der Waals surface area contributed by atoms with Gasteiger partial charge in [0.15, 0.2) is 0 Å². The van der Waals surface area contributed by atoms with Crippen molar-refractivity contribution in [3.63, 3.8) is 0 Å². The molecule has 17 nitrogen and oxygen atoms in total. The van der Waals surface area contributed by atoms with E-state index in [2.05, 4.69) is 10.6 Å². The fraction of sp³-hybridized carbons (Fsp3) is 0.556. The number of amides is 5. The van der Waals surface area contributed by atoms with Crippen molar-refractivity contribution >= 4 is 47.4 Å². The summed E-state index contributed by atoms with van der Waals surface area (Å²) >= 11 is 0. The van der Waals surface area contributed by atoms with Crippen LogP contribution in [0.15, 0.2) is 0 Å². The van der Waals surface area contributed by atoms with E-state index in [0.29, 0.717) is 0 Å². The van der Waals surface area contributed by atoms with Crippen LogP contribution in [-0.2, 0) is 38.4 Å². The van der Waals surface area contributed by atoms with E-state index in [4.69, 9.17) is 27.4 Å². The molecular weight excluding hydrogens is 476 g/mol. The molecule has 0 saturated heterocycles. The highest BCUT2D eigenvalue weighted by Gasteiger charge is 2.31. The van der Waals surface area contributed by atoms with Gasteiger partial charge in [-0.25, -0.2) is 4.79 Å². The SMILES string of the molecule is NC(=O)CC(N)C(=O)NC(CC(N)=O)C(=O)NC(CCC(=O)O)C(=O)NC(CCC(=O)O)C(=O)O. The van der Waals surface area contributed by atoms with Crippen LogP contribution < -0.4 is 33.2 Å². The van der Waals surface area contributed by atoms with E-state index in [-0.39, 0.29) is 0 Å². The van der Waals surface area contributed by atoms with E-state index in [0.717, 1.165) is 0 Å². The van der Waals surface area contributed by atoms with Crippen molar-refractivity contribution in [2.24, 2.45) is 17.2 Å². The zero-order valence-corrected chi connectivity index (χ0v) is 18.4. The third-order valence-corrected chi connectivity index (χ3v) is 4.34. The Balaban J connectivity index is 5.62. The average Bonchev–Trinajstić information content (AvgIpc) is 2.71. The summed E-state index contributed by atoms with van der Waals surface area (Å²) in [5.41, 5.74) is 15.5. The van der Waals surface area contributed by atoms with Gasteiger partial charge in [-0.05, 0) is 12.8 Å². The van der Waals surface area contributed by atoms with Gasteiger partial charge in [-0.2, -0.15) is 0 Å². The number of carboxylic acid groups (broad SMARTS) is 3. The van der Waals surface area contributed by atoms with Crippen LogP contribution in [0.25, 0.3) is 0 Å². The van der Waals surface area contributed by atoms with Crippen molar-refractivity contribution in [1.29, 1.82) is 0 Å². The lowest BCUT2D eigenvalue weighted by Gasteiger charge is -2.24. The van der Waals surface area contributed by atoms with Crippen LogP contribution >= 0.6 is 0 Å². The first-order valence-electron chi connectivity index (χ1n) is 10.0. The molecule has 0 saturated carbocycles. The topological polar surface area (TPSA) is 311 Å². The van der Waals surface area contributed by atoms with Gasteiger partial charge in [0.25, 0.3) is 0 Å². The Morgan fingerprint density at radius 3 is 1.43 bits per heavy atom. The molecule has 0 aliphatic rings. The molecule has 0 fully saturated rings. The highest BCUT2D eigenvalue weighted by Crippen LogP contribution is 2.05. The lowest BCUT2D eigenvalue weighted by molar-refractivity contribution is -0.144.